The smallest absolute Gasteiger partial charge is 0.271 e. The van der Waals surface area contributed by atoms with Crippen molar-refractivity contribution in [1.29, 1.82) is 0 Å². The minimum Gasteiger partial charge on any atom is -0.463 e. The number of carbonyl (C=O) groups is 1. The molecule has 0 aliphatic rings. The topological polar surface area (TPSA) is 67.5 Å². The van der Waals surface area contributed by atoms with E-state index in [9.17, 15) is 4.79 Å². The number of pyridine rings is 1. The lowest BCUT2D eigenvalue weighted by Gasteiger charge is -1.99. The number of carbonyl (C=O) groups excluding carboxylic acids is 1. The molecule has 0 unspecified atom stereocenters. The molecule has 0 fully saturated rings. The van der Waals surface area contributed by atoms with Crippen molar-refractivity contribution < 1.29 is 9.21 Å². The molecule has 1 amide bonds. The molecule has 86 valence electrons. The summed E-state index contributed by atoms with van der Waals surface area (Å²) in [6, 6.07) is 6.81. The minimum absolute atomic E-state index is 0.279. The molecule has 1 N–H and O–H groups in total. The second kappa shape index (κ2) is 5.07. The summed E-state index contributed by atoms with van der Waals surface area (Å²) in [5.41, 5.74) is 3.71. The lowest BCUT2D eigenvalue weighted by molar-refractivity contribution is 0.0955. The molecule has 0 aliphatic heterocycles. The van der Waals surface area contributed by atoms with Crippen molar-refractivity contribution in [3.63, 3.8) is 0 Å². The lowest BCUT2D eigenvalue weighted by atomic mass is 10.2. The van der Waals surface area contributed by atoms with Crippen LogP contribution in [0, 0.1) is 6.92 Å². The number of hydrogen-bond acceptors (Lipinski definition) is 4. The molecule has 5 nitrogen and oxygen atoms in total. The van der Waals surface area contributed by atoms with Gasteiger partial charge in [0.2, 0.25) is 0 Å². The highest BCUT2D eigenvalue weighted by Crippen LogP contribution is 2.00. The second-order valence-electron chi connectivity index (χ2n) is 3.40. The number of aromatic nitrogens is 1. The Hall–Kier alpha value is -2.43. The van der Waals surface area contributed by atoms with Gasteiger partial charge in [-0.25, -0.2) is 5.43 Å². The third-order valence-electron chi connectivity index (χ3n) is 2.06. The van der Waals surface area contributed by atoms with Gasteiger partial charge in [-0.05, 0) is 31.2 Å². The van der Waals surface area contributed by atoms with Gasteiger partial charge in [-0.1, -0.05) is 0 Å². The quantitative estimate of drug-likeness (QED) is 0.644. The predicted molar refractivity (Wildman–Crippen MR) is 62.7 cm³/mol. The highest BCUT2D eigenvalue weighted by atomic mass is 16.3. The highest BCUT2D eigenvalue weighted by molar-refractivity contribution is 5.94. The van der Waals surface area contributed by atoms with Crippen LogP contribution < -0.4 is 5.43 Å². The molecule has 5 heteroatoms. The molecule has 0 aromatic carbocycles. The van der Waals surface area contributed by atoms with E-state index in [1.165, 1.54) is 12.5 Å². The van der Waals surface area contributed by atoms with Crippen molar-refractivity contribution in [2.24, 2.45) is 5.10 Å². The molecule has 2 rings (SSSR count). The largest absolute Gasteiger partial charge is 0.463 e. The Morgan fingerprint density at radius 1 is 1.53 bits per heavy atom. The van der Waals surface area contributed by atoms with Gasteiger partial charge in [0, 0.05) is 17.5 Å². The van der Waals surface area contributed by atoms with E-state index in [2.05, 4.69) is 15.5 Å². The van der Waals surface area contributed by atoms with Crippen LogP contribution in [0.3, 0.4) is 0 Å². The zero-order valence-electron chi connectivity index (χ0n) is 9.25. The van der Waals surface area contributed by atoms with Crippen molar-refractivity contribution in [2.75, 3.05) is 0 Å². The number of amides is 1. The van der Waals surface area contributed by atoms with Crippen LogP contribution in [-0.4, -0.2) is 17.1 Å². The normalized spacial score (nSPS) is 10.6. The fraction of sp³-hybridized carbons (Fsp3) is 0.0833. The molecule has 0 radical (unpaired) electrons. The highest BCUT2D eigenvalue weighted by Gasteiger charge is 2.03. The minimum atomic E-state index is -0.279. The average Bonchev–Trinajstić information content (AvgIpc) is 2.82. The van der Waals surface area contributed by atoms with Gasteiger partial charge >= 0.3 is 0 Å². The molecule has 2 aromatic heterocycles. The molecular weight excluding hydrogens is 218 g/mol. The van der Waals surface area contributed by atoms with Crippen LogP contribution in [0.4, 0.5) is 0 Å². The van der Waals surface area contributed by atoms with E-state index < -0.39 is 0 Å². The van der Waals surface area contributed by atoms with Gasteiger partial charge in [0.05, 0.1) is 12.5 Å². The van der Waals surface area contributed by atoms with Crippen LogP contribution in [0.1, 0.15) is 21.8 Å². The first kappa shape index (κ1) is 11.1. The maximum atomic E-state index is 11.6. The van der Waals surface area contributed by atoms with E-state index in [0.717, 1.165) is 5.69 Å². The van der Waals surface area contributed by atoms with Crippen molar-refractivity contribution in [3.05, 3.63) is 53.7 Å². The molecular formula is C12H11N3O2. The number of nitrogens with one attached hydrogen (secondary N) is 1. The molecule has 2 heterocycles. The zero-order chi connectivity index (χ0) is 12.1. The SMILES string of the molecule is Cc1cc(C(=O)N/N=C/c2ccco2)ccn1. The molecule has 17 heavy (non-hydrogen) atoms. The van der Waals surface area contributed by atoms with Gasteiger partial charge in [0.1, 0.15) is 5.76 Å². The fourth-order valence-corrected chi connectivity index (χ4v) is 1.27. The Bertz CT molecular complexity index is 532. The van der Waals surface area contributed by atoms with Crippen LogP contribution in [-0.2, 0) is 0 Å². The Balaban J connectivity index is 1.98. The van der Waals surface area contributed by atoms with Crippen LogP contribution >= 0.6 is 0 Å². The van der Waals surface area contributed by atoms with Crippen LogP contribution in [0.2, 0.25) is 0 Å². The van der Waals surface area contributed by atoms with Gasteiger partial charge in [0.15, 0.2) is 0 Å². The Morgan fingerprint density at radius 2 is 2.41 bits per heavy atom. The van der Waals surface area contributed by atoms with Gasteiger partial charge in [0.25, 0.3) is 5.91 Å². The summed E-state index contributed by atoms with van der Waals surface area (Å²) in [7, 11) is 0. The summed E-state index contributed by atoms with van der Waals surface area (Å²) in [5, 5.41) is 3.78. The van der Waals surface area contributed by atoms with E-state index in [1.807, 2.05) is 6.92 Å². The molecule has 0 saturated heterocycles. The van der Waals surface area contributed by atoms with E-state index in [4.69, 9.17) is 4.42 Å². The Kier molecular flexibility index (Phi) is 3.30. The number of aryl methyl sites for hydroxylation is 1. The molecule has 2 aromatic rings. The number of furan rings is 1. The van der Waals surface area contributed by atoms with E-state index in [1.54, 1.807) is 30.5 Å². The summed E-state index contributed by atoms with van der Waals surface area (Å²) in [6.45, 7) is 1.82. The van der Waals surface area contributed by atoms with E-state index in [0.29, 0.717) is 11.3 Å². The van der Waals surface area contributed by atoms with E-state index >= 15 is 0 Å². The first-order chi connectivity index (χ1) is 8.25. The van der Waals surface area contributed by atoms with Crippen molar-refractivity contribution >= 4 is 12.1 Å². The standard InChI is InChI=1S/C12H11N3O2/c1-9-7-10(4-5-13-9)12(16)15-14-8-11-3-2-6-17-11/h2-8H,1H3,(H,15,16)/b14-8+. The second-order valence-corrected chi connectivity index (χ2v) is 3.40. The Morgan fingerprint density at radius 3 is 3.12 bits per heavy atom. The Labute approximate surface area is 98.2 Å². The summed E-state index contributed by atoms with van der Waals surface area (Å²) < 4.78 is 5.03. The predicted octanol–water partition coefficient (Wildman–Crippen LogP) is 1.75. The van der Waals surface area contributed by atoms with Crippen LogP contribution in [0.15, 0.2) is 46.2 Å². The maximum absolute atomic E-state index is 11.6. The number of nitrogens with zero attached hydrogens (tertiary/aromatic N) is 2. The summed E-state index contributed by atoms with van der Waals surface area (Å²) in [5.74, 6) is 0.300. The van der Waals surface area contributed by atoms with Crippen LogP contribution in [0.5, 0.6) is 0 Å². The van der Waals surface area contributed by atoms with E-state index in [-0.39, 0.29) is 5.91 Å². The summed E-state index contributed by atoms with van der Waals surface area (Å²) >= 11 is 0. The molecule has 0 atom stereocenters. The van der Waals surface area contributed by atoms with Gasteiger partial charge < -0.3 is 4.42 Å². The van der Waals surface area contributed by atoms with Crippen molar-refractivity contribution in [2.45, 2.75) is 6.92 Å². The van der Waals surface area contributed by atoms with Gasteiger partial charge in [-0.3, -0.25) is 9.78 Å². The molecule has 0 saturated carbocycles. The average molecular weight is 229 g/mol. The summed E-state index contributed by atoms with van der Waals surface area (Å²) in [4.78, 5) is 15.7. The third kappa shape index (κ3) is 3.01. The number of rotatable bonds is 3. The van der Waals surface area contributed by atoms with Crippen LogP contribution in [0.25, 0.3) is 0 Å². The monoisotopic (exact) mass is 229 g/mol. The molecule has 0 bridgehead atoms. The maximum Gasteiger partial charge on any atom is 0.271 e. The summed E-state index contributed by atoms with van der Waals surface area (Å²) in [6.07, 6.45) is 4.56. The molecule has 0 spiro atoms. The fourth-order valence-electron chi connectivity index (χ4n) is 1.27. The van der Waals surface area contributed by atoms with Gasteiger partial charge in [-0.2, -0.15) is 5.10 Å². The van der Waals surface area contributed by atoms with Gasteiger partial charge in [-0.15, -0.1) is 0 Å². The zero-order valence-corrected chi connectivity index (χ0v) is 9.25. The lowest BCUT2D eigenvalue weighted by Crippen LogP contribution is -2.17. The van der Waals surface area contributed by atoms with Crippen molar-refractivity contribution in [1.82, 2.24) is 10.4 Å². The molecule has 0 aliphatic carbocycles. The number of hydrazone groups is 1. The first-order valence-corrected chi connectivity index (χ1v) is 5.05. The number of hydrogen-bond donors (Lipinski definition) is 1. The first-order valence-electron chi connectivity index (χ1n) is 5.05. The van der Waals surface area contributed by atoms with Crippen molar-refractivity contribution in [3.8, 4) is 0 Å². The third-order valence-corrected chi connectivity index (χ3v) is 2.06.